The predicted octanol–water partition coefficient (Wildman–Crippen LogP) is 3.37. The Labute approximate surface area is 134 Å². The van der Waals surface area contributed by atoms with E-state index in [-0.39, 0.29) is 29.9 Å². The zero-order chi connectivity index (χ0) is 14.6. The largest absolute Gasteiger partial charge is 0.347 e. The summed E-state index contributed by atoms with van der Waals surface area (Å²) < 4.78 is 0. The number of hydrogen-bond donors (Lipinski definition) is 2. The van der Waals surface area contributed by atoms with Crippen molar-refractivity contribution in [2.75, 3.05) is 0 Å². The first-order valence-corrected chi connectivity index (χ1v) is 7.61. The van der Waals surface area contributed by atoms with Gasteiger partial charge in [-0.25, -0.2) is 0 Å². The lowest BCUT2D eigenvalue weighted by Gasteiger charge is -2.31. The van der Waals surface area contributed by atoms with Crippen LogP contribution in [0.2, 0.25) is 0 Å². The summed E-state index contributed by atoms with van der Waals surface area (Å²) in [6.45, 7) is 4.09. The average molecular weight is 311 g/mol. The van der Waals surface area contributed by atoms with E-state index >= 15 is 0 Å². The normalized spacial score (nSPS) is 22.2. The number of halogens is 1. The fraction of sp³-hybridized carbons (Fsp3) is 0.588. The molecule has 0 spiro atoms. The SMILES string of the molecule is CC(C)(NC(=O)CC1CCCCC1N)c1ccccc1.Cl. The molecule has 1 aromatic carbocycles. The second-order valence-corrected chi connectivity index (χ2v) is 6.45. The Morgan fingerprint density at radius 1 is 1.24 bits per heavy atom. The summed E-state index contributed by atoms with van der Waals surface area (Å²) in [5.41, 5.74) is 6.91. The van der Waals surface area contributed by atoms with E-state index in [1.54, 1.807) is 0 Å². The molecule has 0 aliphatic heterocycles. The molecule has 0 heterocycles. The van der Waals surface area contributed by atoms with Gasteiger partial charge in [-0.15, -0.1) is 12.4 Å². The van der Waals surface area contributed by atoms with Crippen molar-refractivity contribution in [3.63, 3.8) is 0 Å². The molecule has 1 fully saturated rings. The highest BCUT2D eigenvalue weighted by atomic mass is 35.5. The number of nitrogens with one attached hydrogen (secondary N) is 1. The standard InChI is InChI=1S/C17H26N2O.ClH/c1-17(2,14-9-4-3-5-10-14)19-16(20)12-13-8-6-7-11-15(13)18;/h3-5,9-10,13,15H,6-8,11-12,18H2,1-2H3,(H,19,20);1H. The van der Waals surface area contributed by atoms with Gasteiger partial charge in [0.05, 0.1) is 5.54 Å². The minimum atomic E-state index is -0.336. The van der Waals surface area contributed by atoms with Crippen molar-refractivity contribution in [1.82, 2.24) is 5.32 Å². The van der Waals surface area contributed by atoms with Gasteiger partial charge in [-0.3, -0.25) is 4.79 Å². The third-order valence-electron chi connectivity index (χ3n) is 4.36. The number of rotatable bonds is 4. The third-order valence-corrected chi connectivity index (χ3v) is 4.36. The van der Waals surface area contributed by atoms with Crippen LogP contribution in [0.25, 0.3) is 0 Å². The van der Waals surface area contributed by atoms with Crippen LogP contribution in [-0.4, -0.2) is 11.9 Å². The summed E-state index contributed by atoms with van der Waals surface area (Å²) >= 11 is 0. The lowest BCUT2D eigenvalue weighted by molar-refractivity contribution is -0.124. The van der Waals surface area contributed by atoms with Crippen molar-refractivity contribution < 1.29 is 4.79 Å². The van der Waals surface area contributed by atoms with Gasteiger partial charge in [-0.2, -0.15) is 0 Å². The molecular formula is C17H27ClN2O. The molecule has 1 aromatic rings. The van der Waals surface area contributed by atoms with Crippen molar-refractivity contribution in [2.45, 2.75) is 57.5 Å². The van der Waals surface area contributed by atoms with Crippen LogP contribution in [0.4, 0.5) is 0 Å². The molecule has 0 radical (unpaired) electrons. The zero-order valence-corrected chi connectivity index (χ0v) is 13.8. The Hall–Kier alpha value is -1.06. The van der Waals surface area contributed by atoms with E-state index in [4.69, 9.17) is 5.73 Å². The highest BCUT2D eigenvalue weighted by Gasteiger charge is 2.27. The molecule has 0 saturated heterocycles. The van der Waals surface area contributed by atoms with E-state index in [1.807, 2.05) is 44.2 Å². The molecule has 4 heteroatoms. The van der Waals surface area contributed by atoms with Crippen LogP contribution in [-0.2, 0) is 10.3 Å². The maximum Gasteiger partial charge on any atom is 0.221 e. The van der Waals surface area contributed by atoms with Crippen molar-refractivity contribution in [1.29, 1.82) is 0 Å². The molecule has 1 aliphatic carbocycles. The van der Waals surface area contributed by atoms with Gasteiger partial charge in [0, 0.05) is 12.5 Å². The van der Waals surface area contributed by atoms with Gasteiger partial charge in [-0.1, -0.05) is 43.2 Å². The van der Waals surface area contributed by atoms with E-state index in [2.05, 4.69) is 5.32 Å². The lowest BCUT2D eigenvalue weighted by atomic mass is 9.82. The van der Waals surface area contributed by atoms with Gasteiger partial charge < -0.3 is 11.1 Å². The van der Waals surface area contributed by atoms with Gasteiger partial charge in [0.1, 0.15) is 0 Å². The molecule has 0 aromatic heterocycles. The molecule has 2 atom stereocenters. The Bertz CT molecular complexity index is 447. The average Bonchev–Trinajstić information content (AvgIpc) is 2.42. The summed E-state index contributed by atoms with van der Waals surface area (Å²) in [7, 11) is 0. The molecule has 2 unspecified atom stereocenters. The van der Waals surface area contributed by atoms with E-state index in [9.17, 15) is 4.79 Å². The highest BCUT2D eigenvalue weighted by molar-refractivity contribution is 5.85. The quantitative estimate of drug-likeness (QED) is 0.896. The zero-order valence-electron chi connectivity index (χ0n) is 13.0. The second-order valence-electron chi connectivity index (χ2n) is 6.45. The third kappa shape index (κ3) is 5.01. The van der Waals surface area contributed by atoms with Crippen LogP contribution in [0.1, 0.15) is 51.5 Å². The Morgan fingerprint density at radius 3 is 2.48 bits per heavy atom. The van der Waals surface area contributed by atoms with Crippen LogP contribution in [0.5, 0.6) is 0 Å². The van der Waals surface area contributed by atoms with Crippen LogP contribution in [0.3, 0.4) is 0 Å². The Morgan fingerprint density at radius 2 is 1.86 bits per heavy atom. The van der Waals surface area contributed by atoms with Crippen LogP contribution in [0, 0.1) is 5.92 Å². The van der Waals surface area contributed by atoms with Crippen LogP contribution >= 0.6 is 12.4 Å². The fourth-order valence-electron chi connectivity index (χ4n) is 3.05. The summed E-state index contributed by atoms with van der Waals surface area (Å²) in [6, 6.07) is 10.3. The van der Waals surface area contributed by atoms with Gasteiger partial charge in [-0.05, 0) is 38.2 Å². The first-order valence-electron chi connectivity index (χ1n) is 7.61. The molecule has 0 bridgehead atoms. The maximum atomic E-state index is 12.3. The molecule has 1 aliphatic rings. The lowest BCUT2D eigenvalue weighted by Crippen LogP contribution is -2.43. The van der Waals surface area contributed by atoms with Crippen molar-refractivity contribution >= 4 is 18.3 Å². The predicted molar refractivity (Wildman–Crippen MR) is 89.4 cm³/mol. The fourth-order valence-corrected chi connectivity index (χ4v) is 3.05. The van der Waals surface area contributed by atoms with Crippen LogP contribution in [0.15, 0.2) is 30.3 Å². The van der Waals surface area contributed by atoms with E-state index < -0.39 is 0 Å². The molecule has 2 rings (SSSR count). The number of carbonyl (C=O) groups excluding carboxylic acids is 1. The maximum absolute atomic E-state index is 12.3. The van der Waals surface area contributed by atoms with Crippen molar-refractivity contribution in [3.8, 4) is 0 Å². The van der Waals surface area contributed by atoms with Gasteiger partial charge in [0.15, 0.2) is 0 Å². The minimum absolute atomic E-state index is 0. The van der Waals surface area contributed by atoms with Crippen LogP contribution < -0.4 is 11.1 Å². The summed E-state index contributed by atoms with van der Waals surface area (Å²) in [5, 5.41) is 3.15. The molecule has 118 valence electrons. The number of carbonyl (C=O) groups is 1. The Kier molecular flexibility index (Phi) is 6.69. The first kappa shape index (κ1) is 18.0. The molecule has 3 nitrogen and oxygen atoms in total. The number of benzene rings is 1. The number of amides is 1. The minimum Gasteiger partial charge on any atom is -0.347 e. The van der Waals surface area contributed by atoms with E-state index in [0.717, 1.165) is 18.4 Å². The second kappa shape index (κ2) is 7.81. The summed E-state index contributed by atoms with van der Waals surface area (Å²) in [6.07, 6.45) is 5.10. The van der Waals surface area contributed by atoms with E-state index in [0.29, 0.717) is 12.3 Å². The highest BCUT2D eigenvalue weighted by Crippen LogP contribution is 2.26. The van der Waals surface area contributed by atoms with E-state index in [1.165, 1.54) is 12.8 Å². The van der Waals surface area contributed by atoms with Gasteiger partial charge >= 0.3 is 0 Å². The number of hydrogen-bond acceptors (Lipinski definition) is 2. The van der Waals surface area contributed by atoms with Crippen molar-refractivity contribution in [3.05, 3.63) is 35.9 Å². The topological polar surface area (TPSA) is 55.1 Å². The monoisotopic (exact) mass is 310 g/mol. The smallest absolute Gasteiger partial charge is 0.221 e. The molecule has 3 N–H and O–H groups in total. The molecule has 21 heavy (non-hydrogen) atoms. The molecular weight excluding hydrogens is 284 g/mol. The van der Waals surface area contributed by atoms with Gasteiger partial charge in [0.2, 0.25) is 5.91 Å². The number of nitrogens with two attached hydrogens (primary N) is 1. The first-order chi connectivity index (χ1) is 9.49. The molecule has 1 amide bonds. The van der Waals surface area contributed by atoms with Crippen molar-refractivity contribution in [2.24, 2.45) is 11.7 Å². The Balaban J connectivity index is 0.00000220. The summed E-state index contributed by atoms with van der Waals surface area (Å²) in [4.78, 5) is 12.3. The summed E-state index contributed by atoms with van der Waals surface area (Å²) in [5.74, 6) is 0.455. The molecule has 1 saturated carbocycles. The van der Waals surface area contributed by atoms with Gasteiger partial charge in [0.25, 0.3) is 0 Å².